The number of benzene rings is 4. The molecule has 7 heteroatoms. The topological polar surface area (TPSA) is 62.7 Å². The average Bonchev–Trinajstić information content (AvgIpc) is 3.75. The largest absolute Gasteiger partial charge is 0.457 e. The Morgan fingerprint density at radius 2 is 1.27 bits per heavy atom. The van der Waals surface area contributed by atoms with E-state index in [1.807, 2.05) is 71.8 Å². The summed E-state index contributed by atoms with van der Waals surface area (Å²) < 4.78 is 12.9. The molecule has 0 amide bonds. The summed E-state index contributed by atoms with van der Waals surface area (Å²) in [6, 6.07) is 41.1. The van der Waals surface area contributed by atoms with Gasteiger partial charge in [-0.3, -0.25) is 9.55 Å². The summed E-state index contributed by atoms with van der Waals surface area (Å²) in [4.78, 5) is 9.00. The molecule has 7 nitrogen and oxygen atoms in total. The second-order valence-corrected chi connectivity index (χ2v) is 10.7. The van der Waals surface area contributed by atoms with Gasteiger partial charge >= 0.3 is 0 Å². The lowest BCUT2D eigenvalue weighted by atomic mass is 10.1. The molecule has 44 heavy (non-hydrogen) atoms. The average molecular weight is 569 g/mol. The Hall–Kier alpha value is -6.21. The van der Waals surface area contributed by atoms with Gasteiger partial charge in [0, 0.05) is 40.7 Å². The third-order valence-electron chi connectivity index (χ3n) is 8.12. The van der Waals surface area contributed by atoms with Gasteiger partial charge < -0.3 is 9.30 Å². The number of ether oxygens (including phenoxy) is 1. The maximum Gasteiger partial charge on any atom is 0.137 e. The first-order chi connectivity index (χ1) is 21.8. The minimum atomic E-state index is 0.724. The summed E-state index contributed by atoms with van der Waals surface area (Å²) in [6.45, 7) is 0. The molecule has 0 spiro atoms. The highest BCUT2D eigenvalue weighted by molar-refractivity contribution is 6.10. The monoisotopic (exact) mass is 568 g/mol. The fourth-order valence-corrected chi connectivity index (χ4v) is 6.28. The van der Waals surface area contributed by atoms with E-state index in [1.54, 1.807) is 6.20 Å². The van der Waals surface area contributed by atoms with Crippen molar-refractivity contribution in [1.82, 2.24) is 28.9 Å². The molecule has 0 fully saturated rings. The first-order valence-corrected chi connectivity index (χ1v) is 14.4. The molecule has 0 aliphatic carbocycles. The zero-order valence-electron chi connectivity index (χ0n) is 23.4. The van der Waals surface area contributed by atoms with E-state index in [9.17, 15) is 0 Å². The first kappa shape index (κ1) is 24.4. The van der Waals surface area contributed by atoms with Crippen molar-refractivity contribution in [3.8, 4) is 28.7 Å². The van der Waals surface area contributed by atoms with Gasteiger partial charge in [-0.25, -0.2) is 9.67 Å². The molecular weight excluding hydrogens is 544 g/mol. The lowest BCUT2D eigenvalue weighted by Crippen LogP contribution is -1.97. The highest BCUT2D eigenvalue weighted by Gasteiger charge is 2.18. The molecule has 9 rings (SSSR count). The van der Waals surface area contributed by atoms with E-state index in [0.29, 0.717) is 0 Å². The van der Waals surface area contributed by atoms with Crippen molar-refractivity contribution in [3.05, 3.63) is 146 Å². The van der Waals surface area contributed by atoms with Crippen LogP contribution in [0.4, 0.5) is 0 Å². The van der Waals surface area contributed by atoms with Crippen molar-refractivity contribution >= 4 is 43.7 Å². The van der Waals surface area contributed by atoms with E-state index < -0.39 is 0 Å². The Labute approximate surface area is 251 Å². The van der Waals surface area contributed by atoms with Crippen LogP contribution in [0.1, 0.15) is 0 Å². The Bertz CT molecular complexity index is 2470. The molecule has 0 saturated heterocycles. The summed E-state index contributed by atoms with van der Waals surface area (Å²) in [5.41, 5.74) is 7.19. The highest BCUT2D eigenvalue weighted by Crippen LogP contribution is 2.36. The number of hydrogen-bond donors (Lipinski definition) is 0. The van der Waals surface area contributed by atoms with Crippen LogP contribution in [0.2, 0.25) is 0 Å². The quantitative estimate of drug-likeness (QED) is 0.208. The van der Waals surface area contributed by atoms with Gasteiger partial charge in [0.15, 0.2) is 0 Å². The van der Waals surface area contributed by atoms with Gasteiger partial charge in [0.2, 0.25) is 0 Å². The van der Waals surface area contributed by atoms with Crippen molar-refractivity contribution in [2.24, 2.45) is 0 Å². The second-order valence-electron chi connectivity index (χ2n) is 10.7. The zero-order chi connectivity index (χ0) is 29.0. The predicted molar refractivity (Wildman–Crippen MR) is 174 cm³/mol. The maximum absolute atomic E-state index is 6.50. The van der Waals surface area contributed by atoms with Gasteiger partial charge in [-0.2, -0.15) is 5.10 Å². The molecule has 0 bridgehead atoms. The molecule has 0 unspecified atom stereocenters. The molecule has 0 aliphatic rings. The zero-order valence-corrected chi connectivity index (χ0v) is 23.4. The van der Waals surface area contributed by atoms with Crippen molar-refractivity contribution in [3.63, 3.8) is 0 Å². The summed E-state index contributed by atoms with van der Waals surface area (Å²) in [7, 11) is 0. The normalized spacial score (nSPS) is 11.6. The second kappa shape index (κ2) is 9.68. The van der Waals surface area contributed by atoms with Gasteiger partial charge in [0.1, 0.15) is 22.8 Å². The third kappa shape index (κ3) is 3.73. The number of hydrogen-bond acceptors (Lipinski definition) is 4. The molecule has 0 radical (unpaired) electrons. The van der Waals surface area contributed by atoms with E-state index in [0.717, 1.165) is 67.0 Å². The number of fused-ring (bicyclic) bond motifs is 6. The van der Waals surface area contributed by atoms with Crippen molar-refractivity contribution < 1.29 is 4.74 Å². The molecule has 5 heterocycles. The standard InChI is InChI=1S/C37H24N6O/c1-3-14-32-29(12-1)30-18-17-28(22-34(30)42(32)36-16-5-6-20-39-36)44-27-11-7-9-25(21-27)43-37-31-13-2-4-15-33(31)41(35(37)24-40-43)26-10-8-19-38-23-26/h1-24H. The fourth-order valence-electron chi connectivity index (χ4n) is 6.28. The highest BCUT2D eigenvalue weighted by atomic mass is 16.5. The Balaban J connectivity index is 1.15. The molecule has 0 atom stereocenters. The molecule has 9 aromatic rings. The van der Waals surface area contributed by atoms with Crippen LogP contribution in [-0.2, 0) is 0 Å². The molecule has 0 aliphatic heterocycles. The van der Waals surface area contributed by atoms with Crippen LogP contribution in [0.15, 0.2) is 146 Å². The van der Waals surface area contributed by atoms with Gasteiger partial charge in [0.05, 0.1) is 45.8 Å². The number of nitrogens with zero attached hydrogens (tertiary/aromatic N) is 6. The van der Waals surface area contributed by atoms with Gasteiger partial charge in [-0.05, 0) is 60.7 Å². The third-order valence-corrected chi connectivity index (χ3v) is 8.12. The maximum atomic E-state index is 6.50. The molecule has 5 aromatic heterocycles. The van der Waals surface area contributed by atoms with Crippen LogP contribution in [-0.4, -0.2) is 28.9 Å². The van der Waals surface area contributed by atoms with E-state index in [2.05, 4.69) is 91.9 Å². The molecule has 0 saturated carbocycles. The van der Waals surface area contributed by atoms with E-state index in [-0.39, 0.29) is 0 Å². The smallest absolute Gasteiger partial charge is 0.137 e. The summed E-state index contributed by atoms with van der Waals surface area (Å²) in [5.74, 6) is 2.33. The van der Waals surface area contributed by atoms with E-state index >= 15 is 0 Å². The van der Waals surface area contributed by atoms with Gasteiger partial charge in [0.25, 0.3) is 0 Å². The van der Waals surface area contributed by atoms with Gasteiger partial charge in [-0.1, -0.05) is 48.5 Å². The number of aromatic nitrogens is 6. The number of para-hydroxylation sites is 2. The van der Waals surface area contributed by atoms with E-state index in [4.69, 9.17) is 9.84 Å². The van der Waals surface area contributed by atoms with Crippen LogP contribution >= 0.6 is 0 Å². The van der Waals surface area contributed by atoms with Crippen LogP contribution in [0, 0.1) is 0 Å². The Morgan fingerprint density at radius 1 is 0.500 bits per heavy atom. The van der Waals surface area contributed by atoms with Crippen LogP contribution in [0.3, 0.4) is 0 Å². The van der Waals surface area contributed by atoms with E-state index in [1.165, 1.54) is 5.39 Å². The molecule has 0 N–H and O–H groups in total. The molecular formula is C37H24N6O. The van der Waals surface area contributed by atoms with Crippen molar-refractivity contribution in [2.75, 3.05) is 0 Å². The van der Waals surface area contributed by atoms with Crippen molar-refractivity contribution in [1.29, 1.82) is 0 Å². The Morgan fingerprint density at radius 3 is 2.11 bits per heavy atom. The SMILES string of the molecule is c1ccc(-n2c3ccccc3c3ccc(Oc4cccc(-n5ncc6c5c5ccccc5n6-c5cccnc5)c4)cc32)nc1. The van der Waals surface area contributed by atoms with Crippen molar-refractivity contribution in [2.45, 2.75) is 0 Å². The molecule has 4 aromatic carbocycles. The predicted octanol–water partition coefficient (Wildman–Crippen LogP) is 8.65. The van der Waals surface area contributed by atoms with Crippen LogP contribution in [0.25, 0.3) is 60.9 Å². The minimum absolute atomic E-state index is 0.724. The lowest BCUT2D eigenvalue weighted by Gasteiger charge is -2.10. The summed E-state index contributed by atoms with van der Waals surface area (Å²) in [5, 5.41) is 8.27. The van der Waals surface area contributed by atoms with Gasteiger partial charge in [-0.15, -0.1) is 0 Å². The van der Waals surface area contributed by atoms with Crippen LogP contribution in [0.5, 0.6) is 11.5 Å². The molecule has 208 valence electrons. The number of rotatable bonds is 5. The minimum Gasteiger partial charge on any atom is -0.457 e. The summed E-state index contributed by atoms with van der Waals surface area (Å²) >= 11 is 0. The van der Waals surface area contributed by atoms with Crippen LogP contribution < -0.4 is 4.74 Å². The lowest BCUT2D eigenvalue weighted by molar-refractivity contribution is 0.483. The first-order valence-electron chi connectivity index (χ1n) is 14.4. The Kier molecular flexibility index (Phi) is 5.36. The summed E-state index contributed by atoms with van der Waals surface area (Å²) in [6.07, 6.45) is 7.40. The number of pyridine rings is 2. The fraction of sp³-hybridized carbons (Fsp3) is 0.